The number of nitrogens with zero attached hydrogens (tertiary/aromatic N) is 2. The molecule has 0 saturated carbocycles. The van der Waals surface area contributed by atoms with Gasteiger partial charge >= 0.3 is 6.18 Å². The van der Waals surface area contributed by atoms with Gasteiger partial charge in [-0.3, -0.25) is 4.98 Å². The Morgan fingerprint density at radius 2 is 2.00 bits per heavy atom. The number of alkyl halides is 4. The van der Waals surface area contributed by atoms with Gasteiger partial charge in [0.1, 0.15) is 6.54 Å². The fourth-order valence-corrected chi connectivity index (χ4v) is 3.26. The number of pyridine rings is 1. The van der Waals surface area contributed by atoms with Crippen molar-refractivity contribution in [3.63, 3.8) is 0 Å². The van der Waals surface area contributed by atoms with Crippen LogP contribution in [-0.4, -0.2) is 48.6 Å². The van der Waals surface area contributed by atoms with Gasteiger partial charge in [0.15, 0.2) is 0 Å². The second-order valence-electron chi connectivity index (χ2n) is 4.02. The highest BCUT2D eigenvalue weighted by Gasteiger charge is 2.35. The van der Waals surface area contributed by atoms with E-state index in [1.807, 2.05) is 0 Å². The SMILES string of the molecule is O=S(=O)(CCc1ccccn1)N(CCCl)CC(F)(F)F. The van der Waals surface area contributed by atoms with Gasteiger partial charge < -0.3 is 0 Å². The number of sulfonamides is 1. The topological polar surface area (TPSA) is 50.3 Å². The van der Waals surface area contributed by atoms with E-state index in [1.165, 1.54) is 6.20 Å². The van der Waals surface area contributed by atoms with E-state index in [0.29, 0.717) is 10.00 Å². The molecular weight excluding hydrogens is 317 g/mol. The van der Waals surface area contributed by atoms with E-state index in [2.05, 4.69) is 4.98 Å². The molecule has 1 aromatic rings. The minimum Gasteiger partial charge on any atom is -0.261 e. The summed E-state index contributed by atoms with van der Waals surface area (Å²) in [6, 6.07) is 4.97. The Hall–Kier alpha value is -0.860. The summed E-state index contributed by atoms with van der Waals surface area (Å²) in [4.78, 5) is 3.93. The first-order valence-corrected chi connectivity index (χ1v) is 7.89. The van der Waals surface area contributed by atoms with Gasteiger partial charge in [-0.2, -0.15) is 17.5 Å². The molecule has 1 rings (SSSR count). The van der Waals surface area contributed by atoms with Gasteiger partial charge in [0.2, 0.25) is 10.0 Å². The number of rotatable bonds is 7. The first kappa shape index (κ1) is 17.2. The van der Waals surface area contributed by atoms with Crippen LogP contribution in [0, 0.1) is 0 Å². The van der Waals surface area contributed by atoms with Crippen molar-refractivity contribution < 1.29 is 21.6 Å². The summed E-state index contributed by atoms with van der Waals surface area (Å²) in [5.41, 5.74) is 0.508. The lowest BCUT2D eigenvalue weighted by Crippen LogP contribution is -2.41. The summed E-state index contributed by atoms with van der Waals surface area (Å²) in [6.07, 6.45) is -3.04. The maximum atomic E-state index is 12.4. The Bertz CT molecular complexity index is 508. The van der Waals surface area contributed by atoms with Crippen molar-refractivity contribution in [2.45, 2.75) is 12.6 Å². The Morgan fingerprint density at radius 1 is 1.30 bits per heavy atom. The monoisotopic (exact) mass is 330 g/mol. The zero-order valence-electron chi connectivity index (χ0n) is 10.5. The zero-order valence-corrected chi connectivity index (χ0v) is 12.0. The number of hydrogen-bond acceptors (Lipinski definition) is 3. The van der Waals surface area contributed by atoms with Gasteiger partial charge in [-0.25, -0.2) is 8.42 Å². The molecule has 0 bridgehead atoms. The van der Waals surface area contributed by atoms with Gasteiger partial charge in [0, 0.05) is 30.7 Å². The molecule has 0 aliphatic heterocycles. The Kier molecular flexibility index (Phi) is 6.22. The van der Waals surface area contributed by atoms with Crippen LogP contribution in [0.2, 0.25) is 0 Å². The zero-order chi connectivity index (χ0) is 15.2. The molecule has 4 nitrogen and oxygen atoms in total. The third kappa shape index (κ3) is 6.06. The lowest BCUT2D eigenvalue weighted by Gasteiger charge is -2.22. The largest absolute Gasteiger partial charge is 0.402 e. The molecule has 20 heavy (non-hydrogen) atoms. The molecule has 1 aromatic heterocycles. The predicted octanol–water partition coefficient (Wildman–Crippen LogP) is 2.06. The molecule has 0 fully saturated rings. The summed E-state index contributed by atoms with van der Waals surface area (Å²) < 4.78 is 61.3. The summed E-state index contributed by atoms with van der Waals surface area (Å²) in [7, 11) is -4.03. The second kappa shape index (κ2) is 7.24. The third-order valence-corrected chi connectivity index (χ3v) is 4.41. The summed E-state index contributed by atoms with van der Waals surface area (Å²) in [5, 5.41) is 0. The first-order chi connectivity index (χ1) is 9.24. The highest BCUT2D eigenvalue weighted by atomic mass is 35.5. The fraction of sp³-hybridized carbons (Fsp3) is 0.545. The van der Waals surface area contributed by atoms with Crippen molar-refractivity contribution in [1.29, 1.82) is 0 Å². The minimum absolute atomic E-state index is 0.0554. The smallest absolute Gasteiger partial charge is 0.261 e. The van der Waals surface area contributed by atoms with Crippen molar-refractivity contribution in [2.75, 3.05) is 24.7 Å². The van der Waals surface area contributed by atoms with Crippen molar-refractivity contribution in [1.82, 2.24) is 9.29 Å². The van der Waals surface area contributed by atoms with E-state index in [9.17, 15) is 21.6 Å². The molecule has 0 saturated heterocycles. The van der Waals surface area contributed by atoms with Crippen molar-refractivity contribution in [3.8, 4) is 0 Å². The fourth-order valence-electron chi connectivity index (χ4n) is 1.52. The van der Waals surface area contributed by atoms with Gasteiger partial charge in [0.05, 0.1) is 5.75 Å². The molecule has 114 valence electrons. The molecule has 1 heterocycles. The van der Waals surface area contributed by atoms with Crippen LogP contribution in [0.5, 0.6) is 0 Å². The molecule has 0 aliphatic carbocycles. The van der Waals surface area contributed by atoms with Crippen molar-refractivity contribution in [3.05, 3.63) is 30.1 Å². The Labute approximate surface area is 120 Å². The van der Waals surface area contributed by atoms with Crippen LogP contribution in [0.1, 0.15) is 5.69 Å². The van der Waals surface area contributed by atoms with E-state index < -0.39 is 28.5 Å². The molecule has 0 aliphatic rings. The lowest BCUT2D eigenvalue weighted by molar-refractivity contribution is -0.135. The number of halogens is 4. The quantitative estimate of drug-likeness (QED) is 0.719. The first-order valence-electron chi connectivity index (χ1n) is 5.75. The minimum atomic E-state index is -4.59. The molecule has 0 radical (unpaired) electrons. The van der Waals surface area contributed by atoms with Crippen LogP contribution in [0.25, 0.3) is 0 Å². The number of hydrogen-bond donors (Lipinski definition) is 0. The summed E-state index contributed by atoms with van der Waals surface area (Å²) in [5.74, 6) is -0.629. The van der Waals surface area contributed by atoms with Crippen LogP contribution in [0.4, 0.5) is 13.2 Å². The molecule has 0 aromatic carbocycles. The molecule has 9 heteroatoms. The second-order valence-corrected chi connectivity index (χ2v) is 6.49. The van der Waals surface area contributed by atoms with Crippen molar-refractivity contribution in [2.24, 2.45) is 0 Å². The summed E-state index contributed by atoms with van der Waals surface area (Å²) >= 11 is 5.36. The maximum Gasteiger partial charge on any atom is 0.402 e. The molecule has 0 N–H and O–H groups in total. The van der Waals surface area contributed by atoms with Gasteiger partial charge in [-0.1, -0.05) is 6.07 Å². The van der Waals surface area contributed by atoms with E-state index in [1.54, 1.807) is 18.2 Å². The van der Waals surface area contributed by atoms with Crippen LogP contribution in [-0.2, 0) is 16.4 Å². The van der Waals surface area contributed by atoms with Gasteiger partial charge in [0.25, 0.3) is 0 Å². The number of aromatic nitrogens is 1. The molecule has 0 spiro atoms. The van der Waals surface area contributed by atoms with Crippen LogP contribution in [0.3, 0.4) is 0 Å². The van der Waals surface area contributed by atoms with Crippen molar-refractivity contribution >= 4 is 21.6 Å². The van der Waals surface area contributed by atoms with Crippen LogP contribution < -0.4 is 0 Å². The Morgan fingerprint density at radius 3 is 2.50 bits per heavy atom. The van der Waals surface area contributed by atoms with E-state index >= 15 is 0 Å². The molecule has 0 amide bonds. The highest BCUT2D eigenvalue weighted by molar-refractivity contribution is 7.89. The molecule has 0 atom stereocenters. The van der Waals surface area contributed by atoms with Crippen LogP contribution in [0.15, 0.2) is 24.4 Å². The standard InChI is InChI=1S/C11H14ClF3N2O2S/c12-5-7-17(9-11(13,14)15)20(18,19)8-4-10-3-1-2-6-16-10/h1-3,6H,4-5,7-9H2. The van der Waals surface area contributed by atoms with Gasteiger partial charge in [-0.15, -0.1) is 11.6 Å². The molecule has 0 unspecified atom stereocenters. The lowest BCUT2D eigenvalue weighted by atomic mass is 10.3. The number of aryl methyl sites for hydroxylation is 1. The normalized spacial score (nSPS) is 12.8. The predicted molar refractivity (Wildman–Crippen MR) is 70.1 cm³/mol. The Balaban J connectivity index is 2.72. The van der Waals surface area contributed by atoms with Gasteiger partial charge in [-0.05, 0) is 12.1 Å². The average molecular weight is 331 g/mol. The van der Waals surface area contributed by atoms with E-state index in [-0.39, 0.29) is 18.8 Å². The highest BCUT2D eigenvalue weighted by Crippen LogP contribution is 2.19. The van der Waals surface area contributed by atoms with Crippen LogP contribution >= 0.6 is 11.6 Å². The van der Waals surface area contributed by atoms with E-state index in [0.717, 1.165) is 0 Å². The molecular formula is C11H14ClF3N2O2S. The third-order valence-electron chi connectivity index (χ3n) is 2.43. The average Bonchev–Trinajstić information content (AvgIpc) is 2.36. The summed E-state index contributed by atoms with van der Waals surface area (Å²) in [6.45, 7) is -1.89. The van der Waals surface area contributed by atoms with E-state index in [4.69, 9.17) is 11.6 Å². The maximum absolute atomic E-state index is 12.4.